The van der Waals surface area contributed by atoms with Crippen LogP contribution in [-0.4, -0.2) is 13.1 Å². The fraction of sp³-hybridized carbons (Fsp3) is 0.357. The molecule has 1 rings (SSSR count). The van der Waals surface area contributed by atoms with Gasteiger partial charge >= 0.3 is 5.97 Å². The van der Waals surface area contributed by atoms with E-state index in [0.29, 0.717) is 5.56 Å². The summed E-state index contributed by atoms with van der Waals surface area (Å²) in [5, 5.41) is 0. The summed E-state index contributed by atoms with van der Waals surface area (Å²) in [4.78, 5) is 11.3. The first-order valence-electron chi connectivity index (χ1n) is 5.63. The maximum Gasteiger partial charge on any atom is 0.337 e. The van der Waals surface area contributed by atoms with Crippen LogP contribution in [0.25, 0.3) is 6.08 Å². The topological polar surface area (TPSA) is 26.3 Å². The summed E-state index contributed by atoms with van der Waals surface area (Å²) >= 11 is 0. The molecule has 0 amide bonds. The van der Waals surface area contributed by atoms with Crippen LogP contribution in [-0.2, 0) is 4.74 Å². The number of rotatable bonds is 5. The number of esters is 1. The molecule has 2 nitrogen and oxygen atoms in total. The zero-order valence-electron chi connectivity index (χ0n) is 9.90. The molecule has 1 aromatic rings. The van der Waals surface area contributed by atoms with Crippen LogP contribution in [0, 0.1) is 0 Å². The molecular weight excluding hydrogens is 200 g/mol. The zero-order chi connectivity index (χ0) is 11.8. The van der Waals surface area contributed by atoms with E-state index >= 15 is 0 Å². The molecule has 0 spiro atoms. The monoisotopic (exact) mass is 218 g/mol. The second-order valence-electron chi connectivity index (χ2n) is 3.66. The van der Waals surface area contributed by atoms with Crippen molar-refractivity contribution in [3.8, 4) is 0 Å². The highest BCUT2D eigenvalue weighted by Crippen LogP contribution is 2.09. The lowest BCUT2D eigenvalue weighted by atomic mass is 10.1. The van der Waals surface area contributed by atoms with E-state index in [-0.39, 0.29) is 5.97 Å². The normalized spacial score (nSPS) is 10.6. The van der Waals surface area contributed by atoms with Crippen molar-refractivity contribution in [2.45, 2.75) is 26.2 Å². The average Bonchev–Trinajstić information content (AvgIpc) is 2.34. The van der Waals surface area contributed by atoms with E-state index in [0.717, 1.165) is 12.0 Å². The minimum Gasteiger partial charge on any atom is -0.465 e. The maximum absolute atomic E-state index is 11.3. The van der Waals surface area contributed by atoms with E-state index in [4.69, 9.17) is 0 Å². The molecule has 0 aliphatic heterocycles. The van der Waals surface area contributed by atoms with Crippen molar-refractivity contribution in [1.29, 1.82) is 0 Å². The Labute approximate surface area is 96.9 Å². The molecule has 0 saturated carbocycles. The first kappa shape index (κ1) is 12.5. The number of ether oxygens (including phenoxy) is 1. The molecule has 86 valence electrons. The van der Waals surface area contributed by atoms with Crippen LogP contribution in [0.2, 0.25) is 0 Å². The Morgan fingerprint density at radius 2 is 2.25 bits per heavy atom. The molecule has 0 aromatic heterocycles. The van der Waals surface area contributed by atoms with Gasteiger partial charge in [0, 0.05) is 0 Å². The number of allylic oxidation sites excluding steroid dienone is 1. The largest absolute Gasteiger partial charge is 0.465 e. The summed E-state index contributed by atoms with van der Waals surface area (Å²) in [6.07, 6.45) is 7.67. The number of carbonyl (C=O) groups is 1. The minimum absolute atomic E-state index is 0.288. The van der Waals surface area contributed by atoms with Crippen molar-refractivity contribution in [2.75, 3.05) is 7.11 Å². The molecule has 2 heteroatoms. The lowest BCUT2D eigenvalue weighted by Gasteiger charge is -2.00. The van der Waals surface area contributed by atoms with Gasteiger partial charge in [-0.2, -0.15) is 0 Å². The summed E-state index contributed by atoms with van der Waals surface area (Å²) in [7, 11) is 1.39. The van der Waals surface area contributed by atoms with Crippen LogP contribution >= 0.6 is 0 Å². The van der Waals surface area contributed by atoms with E-state index in [1.54, 1.807) is 6.07 Å². The average molecular weight is 218 g/mol. The van der Waals surface area contributed by atoms with Crippen molar-refractivity contribution in [3.05, 3.63) is 41.5 Å². The van der Waals surface area contributed by atoms with E-state index in [9.17, 15) is 4.79 Å². The summed E-state index contributed by atoms with van der Waals surface area (Å²) < 4.78 is 4.67. The SMILES string of the molecule is CCCCC=Cc1cccc(C(=O)OC)c1. The van der Waals surface area contributed by atoms with E-state index in [1.807, 2.05) is 24.3 Å². The Morgan fingerprint density at radius 3 is 2.94 bits per heavy atom. The Morgan fingerprint density at radius 1 is 1.44 bits per heavy atom. The third kappa shape index (κ3) is 3.89. The van der Waals surface area contributed by atoms with Gasteiger partial charge in [0.2, 0.25) is 0 Å². The van der Waals surface area contributed by atoms with Crippen LogP contribution in [0.4, 0.5) is 0 Å². The number of hydrogen-bond acceptors (Lipinski definition) is 2. The molecule has 0 aliphatic rings. The highest BCUT2D eigenvalue weighted by molar-refractivity contribution is 5.89. The Kier molecular flexibility index (Phi) is 5.34. The van der Waals surface area contributed by atoms with Gasteiger partial charge in [-0.25, -0.2) is 4.79 Å². The van der Waals surface area contributed by atoms with Gasteiger partial charge < -0.3 is 4.74 Å². The third-order valence-electron chi connectivity index (χ3n) is 2.34. The standard InChI is InChI=1S/C14H18O2/c1-3-4-5-6-8-12-9-7-10-13(11-12)14(15)16-2/h6-11H,3-5H2,1-2H3. The number of hydrogen-bond donors (Lipinski definition) is 0. The highest BCUT2D eigenvalue weighted by Gasteiger charge is 2.03. The molecule has 16 heavy (non-hydrogen) atoms. The third-order valence-corrected chi connectivity index (χ3v) is 2.34. The summed E-state index contributed by atoms with van der Waals surface area (Å²) in [6, 6.07) is 7.45. The fourth-order valence-electron chi connectivity index (χ4n) is 1.43. The van der Waals surface area contributed by atoms with Gasteiger partial charge in [-0.3, -0.25) is 0 Å². The summed E-state index contributed by atoms with van der Waals surface area (Å²) in [6.45, 7) is 2.17. The first-order valence-corrected chi connectivity index (χ1v) is 5.63. The Hall–Kier alpha value is -1.57. The smallest absolute Gasteiger partial charge is 0.337 e. The Bertz CT molecular complexity index is 367. The quantitative estimate of drug-likeness (QED) is 0.556. The number of carbonyl (C=O) groups excluding carboxylic acids is 1. The molecule has 0 heterocycles. The first-order chi connectivity index (χ1) is 7.77. The van der Waals surface area contributed by atoms with Crippen LogP contribution in [0.1, 0.15) is 42.1 Å². The summed E-state index contributed by atoms with van der Waals surface area (Å²) in [5.41, 5.74) is 1.64. The number of unbranched alkanes of at least 4 members (excludes halogenated alkanes) is 2. The number of benzene rings is 1. The van der Waals surface area contributed by atoms with E-state index in [2.05, 4.69) is 17.7 Å². The number of methoxy groups -OCH3 is 1. The molecule has 1 aromatic carbocycles. The van der Waals surface area contributed by atoms with Crippen LogP contribution in [0.5, 0.6) is 0 Å². The molecule has 0 fully saturated rings. The van der Waals surface area contributed by atoms with Gasteiger partial charge in [0.15, 0.2) is 0 Å². The molecule has 0 bridgehead atoms. The second kappa shape index (κ2) is 6.83. The maximum atomic E-state index is 11.3. The summed E-state index contributed by atoms with van der Waals surface area (Å²) in [5.74, 6) is -0.288. The van der Waals surface area contributed by atoms with Gasteiger partial charge in [-0.15, -0.1) is 0 Å². The molecular formula is C14H18O2. The minimum atomic E-state index is -0.288. The second-order valence-corrected chi connectivity index (χ2v) is 3.66. The fourth-order valence-corrected chi connectivity index (χ4v) is 1.43. The van der Waals surface area contributed by atoms with Gasteiger partial charge in [0.05, 0.1) is 12.7 Å². The molecule has 0 N–H and O–H groups in total. The molecule has 0 atom stereocenters. The van der Waals surface area contributed by atoms with Crippen molar-refractivity contribution in [1.82, 2.24) is 0 Å². The van der Waals surface area contributed by atoms with Gasteiger partial charge in [-0.1, -0.05) is 44.1 Å². The van der Waals surface area contributed by atoms with Crippen LogP contribution < -0.4 is 0 Å². The molecule has 0 saturated heterocycles. The molecule has 0 aliphatic carbocycles. The van der Waals surface area contributed by atoms with Crippen molar-refractivity contribution in [2.24, 2.45) is 0 Å². The van der Waals surface area contributed by atoms with E-state index < -0.39 is 0 Å². The highest BCUT2D eigenvalue weighted by atomic mass is 16.5. The zero-order valence-corrected chi connectivity index (χ0v) is 9.90. The van der Waals surface area contributed by atoms with Crippen LogP contribution in [0.15, 0.2) is 30.3 Å². The lowest BCUT2D eigenvalue weighted by Crippen LogP contribution is -2.00. The van der Waals surface area contributed by atoms with Gasteiger partial charge in [0.1, 0.15) is 0 Å². The Balaban J connectivity index is 2.67. The van der Waals surface area contributed by atoms with Gasteiger partial charge in [0.25, 0.3) is 0 Å². The van der Waals surface area contributed by atoms with Crippen molar-refractivity contribution >= 4 is 12.0 Å². The van der Waals surface area contributed by atoms with Crippen molar-refractivity contribution in [3.63, 3.8) is 0 Å². The molecule has 0 radical (unpaired) electrons. The lowest BCUT2D eigenvalue weighted by molar-refractivity contribution is 0.0600. The predicted molar refractivity (Wildman–Crippen MR) is 66.3 cm³/mol. The predicted octanol–water partition coefficient (Wildman–Crippen LogP) is 3.68. The van der Waals surface area contributed by atoms with Crippen LogP contribution in [0.3, 0.4) is 0 Å². The van der Waals surface area contributed by atoms with E-state index in [1.165, 1.54) is 20.0 Å². The van der Waals surface area contributed by atoms with Crippen molar-refractivity contribution < 1.29 is 9.53 Å². The van der Waals surface area contributed by atoms with Gasteiger partial charge in [-0.05, 0) is 24.1 Å². The molecule has 0 unspecified atom stereocenters.